The van der Waals surface area contributed by atoms with Crippen LogP contribution in [-0.2, 0) is 4.79 Å². The minimum Gasteiger partial charge on any atom is -0.375 e. The summed E-state index contributed by atoms with van der Waals surface area (Å²) in [6.07, 6.45) is 2.08. The Hall–Kier alpha value is -0.430. The van der Waals surface area contributed by atoms with Crippen LogP contribution in [0.15, 0.2) is 25.3 Å². The van der Waals surface area contributed by atoms with Crippen molar-refractivity contribution in [2.45, 2.75) is 6.23 Å². The molecule has 0 heterocycles. The van der Waals surface area contributed by atoms with Gasteiger partial charge in [-0.05, 0) is 12.2 Å². The summed E-state index contributed by atoms with van der Waals surface area (Å²) in [5.74, 6) is 1.61. The van der Waals surface area contributed by atoms with Gasteiger partial charge in [0.2, 0.25) is 5.91 Å². The molecule has 92 valence electrons. The largest absolute Gasteiger partial charge is 0.375 e. The molecule has 0 rings (SSSR count). The Bertz CT molecular complexity index is 225. The van der Waals surface area contributed by atoms with E-state index in [0.29, 0.717) is 6.54 Å². The maximum atomic E-state index is 10.8. The van der Waals surface area contributed by atoms with Crippen molar-refractivity contribution in [3.05, 3.63) is 25.3 Å². The molecule has 1 unspecified atom stereocenters. The second-order valence-corrected chi connectivity index (χ2v) is 5.48. The van der Waals surface area contributed by atoms with Gasteiger partial charge in [-0.1, -0.05) is 34.7 Å². The SMILES string of the molecule is C=CC(=O)NCCSSCCNC(O)C=C. The highest BCUT2D eigenvalue weighted by Gasteiger charge is 1.96. The fraction of sp³-hybridized carbons (Fsp3) is 0.500. The number of hydrogen-bond acceptors (Lipinski definition) is 5. The molecule has 0 aliphatic rings. The van der Waals surface area contributed by atoms with E-state index in [2.05, 4.69) is 23.8 Å². The Morgan fingerprint density at radius 2 is 1.94 bits per heavy atom. The van der Waals surface area contributed by atoms with Crippen molar-refractivity contribution in [1.82, 2.24) is 10.6 Å². The molecule has 4 nitrogen and oxygen atoms in total. The van der Waals surface area contributed by atoms with Crippen LogP contribution in [0.3, 0.4) is 0 Å². The zero-order chi connectivity index (χ0) is 12.2. The molecule has 0 aliphatic heterocycles. The molecule has 16 heavy (non-hydrogen) atoms. The Kier molecular flexibility index (Phi) is 10.8. The minimum atomic E-state index is -0.627. The molecule has 1 amide bonds. The lowest BCUT2D eigenvalue weighted by molar-refractivity contribution is -0.116. The average molecular weight is 262 g/mol. The van der Waals surface area contributed by atoms with Gasteiger partial charge in [-0.3, -0.25) is 10.1 Å². The summed E-state index contributed by atoms with van der Waals surface area (Å²) in [5.41, 5.74) is 0. The fourth-order valence-corrected chi connectivity index (χ4v) is 2.57. The van der Waals surface area contributed by atoms with Gasteiger partial charge < -0.3 is 10.4 Å². The molecule has 0 saturated heterocycles. The van der Waals surface area contributed by atoms with Crippen LogP contribution < -0.4 is 10.6 Å². The third-order valence-electron chi connectivity index (χ3n) is 1.52. The average Bonchev–Trinajstić information content (AvgIpc) is 2.31. The number of nitrogens with one attached hydrogen (secondary N) is 2. The first kappa shape index (κ1) is 15.6. The Morgan fingerprint density at radius 3 is 2.50 bits per heavy atom. The van der Waals surface area contributed by atoms with Gasteiger partial charge in [0.15, 0.2) is 0 Å². The predicted octanol–water partition coefficient (Wildman–Crippen LogP) is 0.764. The maximum Gasteiger partial charge on any atom is 0.243 e. The second-order valence-electron chi connectivity index (χ2n) is 2.77. The van der Waals surface area contributed by atoms with Gasteiger partial charge in [-0.25, -0.2) is 0 Å². The molecule has 0 bridgehead atoms. The smallest absolute Gasteiger partial charge is 0.243 e. The van der Waals surface area contributed by atoms with Crippen LogP contribution in [0.25, 0.3) is 0 Å². The summed E-state index contributed by atoms with van der Waals surface area (Å²) in [5, 5.41) is 14.6. The second kappa shape index (κ2) is 11.1. The molecule has 0 aliphatic carbocycles. The van der Waals surface area contributed by atoms with Crippen molar-refractivity contribution >= 4 is 27.5 Å². The van der Waals surface area contributed by atoms with Crippen LogP contribution in [0, 0.1) is 0 Å². The number of amides is 1. The van der Waals surface area contributed by atoms with E-state index in [4.69, 9.17) is 5.11 Å². The molecule has 0 spiro atoms. The van der Waals surface area contributed by atoms with Crippen LogP contribution in [0.2, 0.25) is 0 Å². The van der Waals surface area contributed by atoms with E-state index >= 15 is 0 Å². The highest BCUT2D eigenvalue weighted by Crippen LogP contribution is 2.19. The van der Waals surface area contributed by atoms with E-state index in [0.717, 1.165) is 18.1 Å². The molecule has 0 saturated carbocycles. The number of rotatable bonds is 10. The number of carbonyl (C=O) groups excluding carboxylic acids is 1. The third kappa shape index (κ3) is 10.1. The van der Waals surface area contributed by atoms with Crippen molar-refractivity contribution in [2.24, 2.45) is 0 Å². The maximum absolute atomic E-state index is 10.8. The molecule has 0 fully saturated rings. The number of aliphatic hydroxyl groups excluding tert-OH is 1. The molecular formula is C10H18N2O2S2. The number of hydrogen-bond donors (Lipinski definition) is 3. The fourth-order valence-electron chi connectivity index (χ4n) is 0.738. The van der Waals surface area contributed by atoms with Crippen LogP contribution in [-0.4, -0.2) is 41.8 Å². The van der Waals surface area contributed by atoms with Gasteiger partial charge in [0.1, 0.15) is 6.23 Å². The van der Waals surface area contributed by atoms with Crippen LogP contribution in [0.5, 0.6) is 0 Å². The zero-order valence-electron chi connectivity index (χ0n) is 9.15. The topological polar surface area (TPSA) is 61.4 Å². The van der Waals surface area contributed by atoms with E-state index in [-0.39, 0.29) is 5.91 Å². The summed E-state index contributed by atoms with van der Waals surface area (Å²) < 4.78 is 0. The van der Waals surface area contributed by atoms with Crippen molar-refractivity contribution in [3.63, 3.8) is 0 Å². The summed E-state index contributed by atoms with van der Waals surface area (Å²) in [6, 6.07) is 0. The van der Waals surface area contributed by atoms with Crippen molar-refractivity contribution in [1.29, 1.82) is 0 Å². The highest BCUT2D eigenvalue weighted by atomic mass is 33.1. The third-order valence-corrected chi connectivity index (χ3v) is 3.92. The lowest BCUT2D eigenvalue weighted by atomic mass is 10.5. The first-order valence-corrected chi connectivity index (χ1v) is 7.38. The summed E-state index contributed by atoms with van der Waals surface area (Å²) in [6.45, 7) is 8.18. The van der Waals surface area contributed by atoms with E-state index in [9.17, 15) is 4.79 Å². The Labute approximate surface area is 104 Å². The van der Waals surface area contributed by atoms with Gasteiger partial charge in [-0.2, -0.15) is 0 Å². The lowest BCUT2D eigenvalue weighted by Crippen LogP contribution is -2.28. The van der Waals surface area contributed by atoms with Gasteiger partial charge in [-0.15, -0.1) is 0 Å². The van der Waals surface area contributed by atoms with Gasteiger partial charge >= 0.3 is 0 Å². The van der Waals surface area contributed by atoms with Crippen LogP contribution in [0.1, 0.15) is 0 Å². The van der Waals surface area contributed by atoms with Gasteiger partial charge in [0, 0.05) is 24.6 Å². The van der Waals surface area contributed by atoms with E-state index in [1.807, 2.05) is 0 Å². The molecule has 6 heteroatoms. The van der Waals surface area contributed by atoms with Gasteiger partial charge in [0.05, 0.1) is 0 Å². The molecule has 0 aromatic rings. The summed E-state index contributed by atoms with van der Waals surface area (Å²) >= 11 is 0. The molecule has 0 aromatic heterocycles. The first-order chi connectivity index (χ1) is 7.70. The monoisotopic (exact) mass is 262 g/mol. The minimum absolute atomic E-state index is 0.138. The predicted molar refractivity (Wildman–Crippen MR) is 72.3 cm³/mol. The number of carbonyl (C=O) groups is 1. The number of aliphatic hydroxyl groups is 1. The molecular weight excluding hydrogens is 244 g/mol. The van der Waals surface area contributed by atoms with Crippen molar-refractivity contribution in [2.75, 3.05) is 24.6 Å². The quantitative estimate of drug-likeness (QED) is 0.178. The highest BCUT2D eigenvalue weighted by molar-refractivity contribution is 8.76. The van der Waals surface area contributed by atoms with Crippen LogP contribution in [0.4, 0.5) is 0 Å². The van der Waals surface area contributed by atoms with E-state index in [1.165, 1.54) is 12.2 Å². The summed E-state index contributed by atoms with van der Waals surface area (Å²) in [7, 11) is 3.38. The van der Waals surface area contributed by atoms with Crippen LogP contribution >= 0.6 is 21.6 Å². The van der Waals surface area contributed by atoms with Crippen molar-refractivity contribution in [3.8, 4) is 0 Å². The normalized spacial score (nSPS) is 11.8. The molecule has 0 aromatic carbocycles. The molecule has 1 atom stereocenters. The first-order valence-electron chi connectivity index (χ1n) is 4.89. The molecule has 0 radical (unpaired) electrons. The van der Waals surface area contributed by atoms with E-state index < -0.39 is 6.23 Å². The Morgan fingerprint density at radius 1 is 1.31 bits per heavy atom. The standard InChI is InChI=1S/C10H18N2O2S2/c1-3-9(13)11-5-7-15-16-8-6-12-10(14)4-2/h3-4,9,11,13H,1-2,5-8H2,(H,12,14). The van der Waals surface area contributed by atoms with E-state index in [1.54, 1.807) is 21.6 Å². The zero-order valence-corrected chi connectivity index (χ0v) is 10.8. The Balaban J connectivity index is 3.12. The lowest BCUT2D eigenvalue weighted by Gasteiger charge is -2.07. The van der Waals surface area contributed by atoms with Gasteiger partial charge in [0.25, 0.3) is 0 Å². The van der Waals surface area contributed by atoms with Crippen molar-refractivity contribution < 1.29 is 9.90 Å². The molecule has 3 N–H and O–H groups in total. The summed E-state index contributed by atoms with van der Waals surface area (Å²) in [4.78, 5) is 10.8.